The fourth-order valence-electron chi connectivity index (χ4n) is 2.65. The molecule has 0 bridgehead atoms. The van der Waals surface area contributed by atoms with Crippen molar-refractivity contribution in [2.24, 2.45) is 5.92 Å². The van der Waals surface area contributed by atoms with Crippen molar-refractivity contribution in [3.63, 3.8) is 0 Å². The molecular weight excluding hydrogens is 396 g/mol. The van der Waals surface area contributed by atoms with Crippen LogP contribution in [0.25, 0.3) is 0 Å². The summed E-state index contributed by atoms with van der Waals surface area (Å²) in [4.78, 5) is 33.5. The molecule has 0 aliphatic carbocycles. The van der Waals surface area contributed by atoms with Gasteiger partial charge in [0.15, 0.2) is 0 Å². The Morgan fingerprint density at radius 3 is 2.03 bits per heavy atom. The average molecular weight is 435 g/mol. The van der Waals surface area contributed by atoms with Gasteiger partial charge in [-0.3, -0.25) is 9.59 Å². The van der Waals surface area contributed by atoms with Gasteiger partial charge in [0.2, 0.25) is 0 Å². The van der Waals surface area contributed by atoms with Gasteiger partial charge in [-0.2, -0.15) is 0 Å². The molecule has 0 aromatic heterocycles. The molecule has 0 aromatic rings. The van der Waals surface area contributed by atoms with Gasteiger partial charge in [-0.15, -0.1) is 0 Å². The lowest BCUT2D eigenvalue weighted by molar-refractivity contribution is -0.140. The van der Waals surface area contributed by atoms with E-state index in [4.69, 9.17) is 9.47 Å². The summed E-state index contributed by atoms with van der Waals surface area (Å²) < 4.78 is 10.0. The fourth-order valence-corrected chi connectivity index (χ4v) is 2.65. The third kappa shape index (κ3) is 15.8. The molecule has 0 amide bonds. The predicted molar refractivity (Wildman–Crippen MR) is 123 cm³/mol. The molecule has 1 N–H and O–H groups in total. The number of carbonyl (C=O) groups excluding carboxylic acids is 2. The number of aliphatic carboxylic acids is 1. The zero-order valence-electron chi connectivity index (χ0n) is 19.7. The molecule has 0 unspecified atom stereocenters. The van der Waals surface area contributed by atoms with Crippen LogP contribution in [0, 0.1) is 5.92 Å². The van der Waals surface area contributed by atoms with Crippen LogP contribution in [0.3, 0.4) is 0 Å². The van der Waals surface area contributed by atoms with Gasteiger partial charge in [0.05, 0.1) is 0 Å². The van der Waals surface area contributed by atoms with Crippen molar-refractivity contribution >= 4 is 17.9 Å². The summed E-state index contributed by atoms with van der Waals surface area (Å²) in [6.07, 6.45) is 9.49. The lowest BCUT2D eigenvalue weighted by atomic mass is 9.96. The Morgan fingerprint density at radius 2 is 1.48 bits per heavy atom. The van der Waals surface area contributed by atoms with E-state index in [1.807, 2.05) is 32.9 Å². The van der Waals surface area contributed by atoms with Gasteiger partial charge in [-0.05, 0) is 63.0 Å². The molecule has 6 nitrogen and oxygen atoms in total. The van der Waals surface area contributed by atoms with E-state index in [9.17, 15) is 19.5 Å². The Bertz CT molecular complexity index is 710. The second-order valence-electron chi connectivity index (χ2n) is 7.92. The van der Waals surface area contributed by atoms with E-state index in [2.05, 4.69) is 6.58 Å². The minimum Gasteiger partial charge on any atom is -0.478 e. The molecule has 0 rings (SSSR count). The molecule has 0 radical (unpaired) electrons. The molecule has 0 saturated carbocycles. The van der Waals surface area contributed by atoms with Crippen molar-refractivity contribution < 1.29 is 29.0 Å². The first kappa shape index (κ1) is 28.4. The minimum absolute atomic E-state index is 0.200. The third-order valence-corrected chi connectivity index (χ3v) is 4.81. The number of hydrogen-bond acceptors (Lipinski definition) is 5. The lowest BCUT2D eigenvalue weighted by Gasteiger charge is -2.10. The molecule has 6 heteroatoms. The second-order valence-corrected chi connectivity index (χ2v) is 7.92. The van der Waals surface area contributed by atoms with Gasteiger partial charge in [0.25, 0.3) is 0 Å². The normalized spacial score (nSPS) is 12.6. The highest BCUT2D eigenvalue weighted by Crippen LogP contribution is 2.19. The molecule has 0 fully saturated rings. The highest BCUT2D eigenvalue weighted by molar-refractivity contribution is 5.86. The summed E-state index contributed by atoms with van der Waals surface area (Å²) >= 11 is 0. The van der Waals surface area contributed by atoms with Crippen LogP contribution in [-0.2, 0) is 23.9 Å². The number of rotatable bonds is 15. The van der Waals surface area contributed by atoms with E-state index in [-0.39, 0.29) is 25.2 Å². The van der Waals surface area contributed by atoms with E-state index in [1.165, 1.54) is 13.8 Å². The largest absolute Gasteiger partial charge is 0.478 e. The van der Waals surface area contributed by atoms with Crippen LogP contribution in [0.15, 0.2) is 47.1 Å². The number of carboxylic acid groups (broad SMARTS) is 1. The van der Waals surface area contributed by atoms with Gasteiger partial charge in [-0.25, -0.2) is 4.79 Å². The molecule has 174 valence electrons. The smallest absolute Gasteiger partial charge is 0.331 e. The Balaban J connectivity index is 4.88. The summed E-state index contributed by atoms with van der Waals surface area (Å²) in [6.45, 7) is 13.3. The van der Waals surface area contributed by atoms with Crippen molar-refractivity contribution in [2.75, 3.05) is 13.2 Å². The number of carboxylic acids is 1. The molecule has 0 saturated heterocycles. The van der Waals surface area contributed by atoms with Crippen molar-refractivity contribution in [2.45, 2.75) is 73.1 Å². The highest BCUT2D eigenvalue weighted by Gasteiger charge is 2.10. The molecule has 0 spiro atoms. The van der Waals surface area contributed by atoms with E-state index < -0.39 is 5.97 Å². The third-order valence-electron chi connectivity index (χ3n) is 4.81. The van der Waals surface area contributed by atoms with Crippen LogP contribution < -0.4 is 0 Å². The Morgan fingerprint density at radius 1 is 0.871 bits per heavy atom. The summed E-state index contributed by atoms with van der Waals surface area (Å²) in [6, 6.07) is 0. The van der Waals surface area contributed by atoms with Crippen molar-refractivity contribution in [3.8, 4) is 0 Å². The summed E-state index contributed by atoms with van der Waals surface area (Å²) in [7, 11) is 0. The predicted octanol–water partition coefficient (Wildman–Crippen LogP) is 5.55. The number of carbonyl (C=O) groups is 3. The quantitative estimate of drug-likeness (QED) is 0.206. The van der Waals surface area contributed by atoms with Crippen LogP contribution in [0.5, 0.6) is 0 Å². The standard InChI is InChI=1S/C25H38O6/c1-18(2)20(4)13-14-24(25(28)29)12-8-11-23(17-31-22(6)27)10-7-9-19(3)15-16-30-21(5)26/h10,12,15,18H,4,7-9,11,13-14,16-17H2,1-3,5-6H3,(H,28,29). The van der Waals surface area contributed by atoms with E-state index in [0.717, 1.165) is 29.6 Å². The first-order valence-electron chi connectivity index (χ1n) is 10.7. The van der Waals surface area contributed by atoms with Crippen LogP contribution in [-0.4, -0.2) is 36.2 Å². The first-order valence-corrected chi connectivity index (χ1v) is 10.7. The Labute approximate surface area is 186 Å². The first-order chi connectivity index (χ1) is 14.5. The van der Waals surface area contributed by atoms with Crippen molar-refractivity contribution in [1.29, 1.82) is 0 Å². The topological polar surface area (TPSA) is 89.9 Å². The Kier molecular flexibility index (Phi) is 14.7. The van der Waals surface area contributed by atoms with Crippen LogP contribution in [0.4, 0.5) is 0 Å². The zero-order chi connectivity index (χ0) is 23.8. The maximum atomic E-state index is 11.5. The van der Waals surface area contributed by atoms with Gasteiger partial charge in [0, 0.05) is 19.4 Å². The van der Waals surface area contributed by atoms with Gasteiger partial charge < -0.3 is 14.6 Å². The molecule has 0 atom stereocenters. The number of ether oxygens (including phenoxy) is 2. The van der Waals surface area contributed by atoms with E-state index in [1.54, 1.807) is 6.08 Å². The molecule has 0 heterocycles. The number of hydrogen-bond donors (Lipinski definition) is 1. The van der Waals surface area contributed by atoms with E-state index in [0.29, 0.717) is 37.2 Å². The molecular formula is C25H38O6. The molecule has 0 aromatic carbocycles. The average Bonchev–Trinajstić information content (AvgIpc) is 2.66. The van der Waals surface area contributed by atoms with Crippen LogP contribution in [0.2, 0.25) is 0 Å². The van der Waals surface area contributed by atoms with Gasteiger partial charge in [-0.1, -0.05) is 43.7 Å². The van der Waals surface area contributed by atoms with Gasteiger partial charge >= 0.3 is 17.9 Å². The summed E-state index contributed by atoms with van der Waals surface area (Å²) in [5, 5.41) is 9.45. The molecule has 0 aliphatic heterocycles. The Hall–Kier alpha value is -2.63. The fraction of sp³-hybridized carbons (Fsp3) is 0.560. The maximum absolute atomic E-state index is 11.5. The zero-order valence-corrected chi connectivity index (χ0v) is 19.7. The molecule has 0 aliphatic rings. The summed E-state index contributed by atoms with van der Waals surface area (Å²) in [5.74, 6) is -1.23. The highest BCUT2D eigenvalue weighted by atomic mass is 16.5. The monoisotopic (exact) mass is 434 g/mol. The maximum Gasteiger partial charge on any atom is 0.331 e. The van der Waals surface area contributed by atoms with E-state index >= 15 is 0 Å². The second kappa shape index (κ2) is 16.1. The van der Waals surface area contributed by atoms with Crippen molar-refractivity contribution in [3.05, 3.63) is 47.1 Å². The summed E-state index contributed by atoms with van der Waals surface area (Å²) in [5.41, 5.74) is 3.48. The van der Waals surface area contributed by atoms with Gasteiger partial charge in [0.1, 0.15) is 13.2 Å². The van der Waals surface area contributed by atoms with Crippen molar-refractivity contribution in [1.82, 2.24) is 0 Å². The molecule has 31 heavy (non-hydrogen) atoms. The minimum atomic E-state index is -0.907. The van der Waals surface area contributed by atoms with Crippen LogP contribution >= 0.6 is 0 Å². The number of esters is 2. The number of allylic oxidation sites excluding steroid dienone is 4. The SMILES string of the molecule is C=C(CCC(=CCCC(=CCCC(C)=CCOC(C)=O)COC(C)=O)C(=O)O)C(C)C. The van der Waals surface area contributed by atoms with Crippen LogP contribution in [0.1, 0.15) is 73.1 Å². The lowest BCUT2D eigenvalue weighted by Crippen LogP contribution is -2.05.